The Balaban J connectivity index is 1.38. The Morgan fingerprint density at radius 2 is 1.59 bits per heavy atom. The molecule has 0 amide bonds. The average Bonchev–Trinajstić information content (AvgIpc) is 3.09. The highest BCUT2D eigenvalue weighted by atomic mass is 19.4. The lowest BCUT2D eigenvalue weighted by atomic mass is 9.68. The Hall–Kier alpha value is -3.49. The van der Waals surface area contributed by atoms with Gasteiger partial charge in [0.2, 0.25) is 11.9 Å². The molecule has 2 fully saturated rings. The minimum atomic E-state index is -4.61. The van der Waals surface area contributed by atoms with Crippen LogP contribution in [0, 0.1) is 5.41 Å². The Labute approximate surface area is 292 Å². The van der Waals surface area contributed by atoms with Crippen LogP contribution in [0.5, 0.6) is 5.75 Å². The number of halogens is 6. The van der Waals surface area contributed by atoms with Gasteiger partial charge in [-0.3, -0.25) is 4.98 Å². The second-order valence-electron chi connectivity index (χ2n) is 15.0. The van der Waals surface area contributed by atoms with Crippen LogP contribution in [0.3, 0.4) is 0 Å². The summed E-state index contributed by atoms with van der Waals surface area (Å²) in [7, 11) is 0. The van der Waals surface area contributed by atoms with Crippen LogP contribution in [0.4, 0.5) is 32.3 Å². The molecule has 278 valence electrons. The predicted molar refractivity (Wildman–Crippen MR) is 177 cm³/mol. The molecule has 1 saturated heterocycles. The van der Waals surface area contributed by atoms with Crippen molar-refractivity contribution in [3.8, 4) is 5.75 Å². The minimum Gasteiger partial charge on any atom is -0.488 e. The summed E-state index contributed by atoms with van der Waals surface area (Å²) in [5.74, 6) is -2.85. The second-order valence-corrected chi connectivity index (χ2v) is 15.0. The van der Waals surface area contributed by atoms with Crippen molar-refractivity contribution in [1.29, 1.82) is 0 Å². The Bertz CT molecular complexity index is 1650. The van der Waals surface area contributed by atoms with Gasteiger partial charge in [-0.25, -0.2) is 23.1 Å². The number of alkyl halides is 6. The summed E-state index contributed by atoms with van der Waals surface area (Å²) in [5, 5.41) is 30.1. The summed E-state index contributed by atoms with van der Waals surface area (Å²) < 4.78 is 91.8. The zero-order chi connectivity index (χ0) is 36.7. The molecule has 1 saturated carbocycles. The third kappa shape index (κ3) is 8.28. The van der Waals surface area contributed by atoms with E-state index in [0.29, 0.717) is 73.0 Å². The monoisotopic (exact) mass is 722 g/mol. The summed E-state index contributed by atoms with van der Waals surface area (Å²) in [4.78, 5) is 15.8. The maximum absolute atomic E-state index is 17.2. The molecule has 1 unspecified atom stereocenters. The van der Waals surface area contributed by atoms with E-state index >= 15 is 4.39 Å². The second kappa shape index (κ2) is 14.5. The third-order valence-electron chi connectivity index (χ3n) is 10.5. The van der Waals surface area contributed by atoms with Crippen LogP contribution in [-0.4, -0.2) is 68.6 Å². The molecule has 0 bridgehead atoms. The maximum Gasteiger partial charge on any atom is 0.416 e. The number of ether oxygens (including phenoxy) is 1. The summed E-state index contributed by atoms with van der Waals surface area (Å²) in [6.07, 6.45) is -4.33. The summed E-state index contributed by atoms with van der Waals surface area (Å²) in [6.45, 7) is 4.41. The molecule has 6 rings (SSSR count). The van der Waals surface area contributed by atoms with E-state index in [4.69, 9.17) is 14.8 Å². The van der Waals surface area contributed by atoms with Crippen LogP contribution in [0.2, 0.25) is 0 Å². The van der Waals surface area contributed by atoms with E-state index in [0.717, 1.165) is 24.3 Å². The number of fused-ring (bicyclic) bond motifs is 1. The summed E-state index contributed by atoms with van der Waals surface area (Å²) >= 11 is 0. The summed E-state index contributed by atoms with van der Waals surface area (Å²) in [5.41, 5.74) is 1.01. The number of hydrogen-bond acceptors (Lipinski definition) is 8. The fourth-order valence-electron chi connectivity index (χ4n) is 7.86. The molecule has 0 radical (unpaired) electrons. The molecular formula is C37H44F6N4O4. The first-order valence-corrected chi connectivity index (χ1v) is 17.5. The standard InChI is InChI=1S/C37H44F6N4O4/c1-35(2)15-27-30(28(50)16-35)29(21-7-11-36(39,40)12-8-21)31(32(38)22-3-5-24(6-4-22)37(41,42)43)33(46-27)23-9-13-47(14-10-23)34-44-17-26(18-45-34)51-20-25(49)19-48/h3-6,17-18,21,23,25,28,32,48-50H,7-16,19-20H2,1-2H3/t25-,28?,32+/m1/s1. The third-order valence-corrected chi connectivity index (χ3v) is 10.5. The van der Waals surface area contributed by atoms with E-state index in [9.17, 15) is 32.2 Å². The Morgan fingerprint density at radius 3 is 2.18 bits per heavy atom. The van der Waals surface area contributed by atoms with Crippen LogP contribution in [0.25, 0.3) is 0 Å². The lowest BCUT2D eigenvalue weighted by Crippen LogP contribution is -2.36. The van der Waals surface area contributed by atoms with Gasteiger partial charge in [0.15, 0.2) is 11.9 Å². The van der Waals surface area contributed by atoms with Crippen molar-refractivity contribution in [1.82, 2.24) is 15.0 Å². The van der Waals surface area contributed by atoms with E-state index in [1.807, 2.05) is 18.7 Å². The first kappa shape index (κ1) is 37.3. The molecule has 3 N–H and O–H groups in total. The fraction of sp³-hybridized carbons (Fsp3) is 0.595. The highest BCUT2D eigenvalue weighted by molar-refractivity contribution is 5.51. The number of pyridine rings is 1. The molecule has 3 heterocycles. The van der Waals surface area contributed by atoms with Crippen molar-refractivity contribution in [2.75, 3.05) is 31.2 Å². The van der Waals surface area contributed by atoms with Gasteiger partial charge in [0.1, 0.15) is 12.7 Å². The molecule has 3 aliphatic rings. The van der Waals surface area contributed by atoms with E-state index in [-0.39, 0.29) is 54.7 Å². The van der Waals surface area contributed by atoms with E-state index < -0.39 is 48.6 Å². The maximum atomic E-state index is 17.2. The molecule has 3 aromatic rings. The van der Waals surface area contributed by atoms with E-state index in [1.165, 1.54) is 12.4 Å². The Kier molecular flexibility index (Phi) is 10.6. The molecule has 51 heavy (non-hydrogen) atoms. The zero-order valence-electron chi connectivity index (χ0n) is 28.6. The van der Waals surface area contributed by atoms with Gasteiger partial charge in [0, 0.05) is 48.7 Å². The number of aliphatic hydroxyl groups excluding tert-OH is 3. The predicted octanol–water partition coefficient (Wildman–Crippen LogP) is 7.36. The number of piperidine rings is 1. The number of aliphatic hydroxyl groups is 3. The van der Waals surface area contributed by atoms with Crippen LogP contribution in [-0.2, 0) is 12.6 Å². The molecule has 3 atom stereocenters. The minimum absolute atomic E-state index is 0.00123. The van der Waals surface area contributed by atoms with Crippen molar-refractivity contribution in [2.24, 2.45) is 5.41 Å². The van der Waals surface area contributed by atoms with Gasteiger partial charge in [0.05, 0.1) is 36.4 Å². The molecule has 8 nitrogen and oxygen atoms in total. The highest BCUT2D eigenvalue weighted by Gasteiger charge is 2.44. The largest absolute Gasteiger partial charge is 0.488 e. The zero-order valence-corrected chi connectivity index (χ0v) is 28.6. The van der Waals surface area contributed by atoms with Gasteiger partial charge in [-0.1, -0.05) is 26.0 Å². The molecule has 0 spiro atoms. The molecule has 2 aliphatic carbocycles. The normalized spacial score (nSPS) is 22.3. The number of hydrogen-bond donors (Lipinski definition) is 3. The first-order chi connectivity index (χ1) is 24.0. The number of aromatic nitrogens is 3. The molecule has 1 aromatic carbocycles. The van der Waals surface area contributed by atoms with Gasteiger partial charge < -0.3 is 25.0 Å². The SMILES string of the molecule is CC1(C)Cc2nc(C3CCN(c4ncc(OC[C@H](O)CO)cn4)CC3)c([C@@H](F)c3ccc(C(F)(F)F)cc3)c(C3CCC(F)(F)CC3)c2C(O)C1. The Morgan fingerprint density at radius 1 is 0.961 bits per heavy atom. The van der Waals surface area contributed by atoms with Crippen molar-refractivity contribution >= 4 is 5.95 Å². The number of benzene rings is 1. The fourth-order valence-corrected chi connectivity index (χ4v) is 7.86. The lowest BCUT2D eigenvalue weighted by Gasteiger charge is -2.41. The number of rotatable bonds is 9. The van der Waals surface area contributed by atoms with Crippen LogP contribution in [0.1, 0.15) is 122 Å². The molecule has 14 heteroatoms. The van der Waals surface area contributed by atoms with Crippen LogP contribution < -0.4 is 9.64 Å². The van der Waals surface area contributed by atoms with Gasteiger partial charge in [-0.15, -0.1) is 0 Å². The topological polar surface area (TPSA) is 112 Å². The van der Waals surface area contributed by atoms with E-state index in [2.05, 4.69) is 9.97 Å². The smallest absolute Gasteiger partial charge is 0.416 e. The van der Waals surface area contributed by atoms with Crippen molar-refractivity contribution < 1.29 is 46.4 Å². The van der Waals surface area contributed by atoms with Gasteiger partial charge in [-0.05, 0) is 73.1 Å². The molecular weight excluding hydrogens is 678 g/mol. The van der Waals surface area contributed by atoms with Crippen molar-refractivity contribution in [3.63, 3.8) is 0 Å². The summed E-state index contributed by atoms with van der Waals surface area (Å²) in [6, 6.07) is 3.92. The van der Waals surface area contributed by atoms with E-state index in [1.54, 1.807) is 0 Å². The van der Waals surface area contributed by atoms with Crippen LogP contribution in [0.15, 0.2) is 36.7 Å². The van der Waals surface area contributed by atoms with Crippen molar-refractivity contribution in [2.45, 2.75) is 108 Å². The van der Waals surface area contributed by atoms with Crippen LogP contribution >= 0.6 is 0 Å². The van der Waals surface area contributed by atoms with Crippen molar-refractivity contribution in [3.05, 3.63) is 75.9 Å². The molecule has 2 aromatic heterocycles. The first-order valence-electron chi connectivity index (χ1n) is 17.5. The average molecular weight is 723 g/mol. The number of nitrogens with zero attached hydrogens (tertiary/aromatic N) is 4. The molecule has 1 aliphatic heterocycles. The number of anilines is 1. The quantitative estimate of drug-likeness (QED) is 0.197. The van der Waals surface area contributed by atoms with Gasteiger partial charge >= 0.3 is 6.18 Å². The van der Waals surface area contributed by atoms with Gasteiger partial charge in [0.25, 0.3) is 0 Å². The lowest BCUT2D eigenvalue weighted by molar-refractivity contribution is -0.137. The highest BCUT2D eigenvalue weighted by Crippen LogP contribution is 2.52. The van der Waals surface area contributed by atoms with Gasteiger partial charge in [-0.2, -0.15) is 13.2 Å².